The van der Waals surface area contributed by atoms with Crippen molar-refractivity contribution in [2.45, 2.75) is 109 Å². The van der Waals surface area contributed by atoms with Gasteiger partial charge in [-0.1, -0.05) is 45.4 Å². The van der Waals surface area contributed by atoms with Gasteiger partial charge >= 0.3 is 0 Å². The molecule has 2 heterocycles. The second kappa shape index (κ2) is 15.6. The van der Waals surface area contributed by atoms with Crippen LogP contribution in [-0.4, -0.2) is 64.1 Å². The molecule has 0 aromatic heterocycles. The highest BCUT2D eigenvalue weighted by Crippen LogP contribution is 2.35. The molecule has 0 aliphatic carbocycles. The van der Waals surface area contributed by atoms with E-state index in [2.05, 4.69) is 20.8 Å². The third kappa shape index (κ3) is 12.0. The summed E-state index contributed by atoms with van der Waals surface area (Å²) in [5, 5.41) is 0. The van der Waals surface area contributed by atoms with Crippen LogP contribution in [0.5, 0.6) is 0 Å². The van der Waals surface area contributed by atoms with Gasteiger partial charge in [-0.2, -0.15) is 0 Å². The summed E-state index contributed by atoms with van der Waals surface area (Å²) in [4.78, 5) is 0. The molecule has 4 atom stereocenters. The summed E-state index contributed by atoms with van der Waals surface area (Å²) in [5.74, 6) is 0.580. The summed E-state index contributed by atoms with van der Waals surface area (Å²) in [5.41, 5.74) is -0.0722. The van der Waals surface area contributed by atoms with Crippen LogP contribution in [0.1, 0.15) is 91.4 Å². The SMILES string of the molecule is CCCCCCCCC(CCCOCC1CO1)C(C)(CCCOCC1CO1)OCC. The molecule has 30 heavy (non-hydrogen) atoms. The van der Waals surface area contributed by atoms with Crippen LogP contribution < -0.4 is 0 Å². The van der Waals surface area contributed by atoms with Crippen LogP contribution in [0.4, 0.5) is 0 Å². The highest BCUT2D eigenvalue weighted by Gasteiger charge is 2.34. The zero-order chi connectivity index (χ0) is 21.5. The lowest BCUT2D eigenvalue weighted by molar-refractivity contribution is -0.0854. The second-order valence-electron chi connectivity index (χ2n) is 9.31. The molecule has 5 heteroatoms. The Morgan fingerprint density at radius 2 is 1.37 bits per heavy atom. The molecule has 2 aliphatic heterocycles. The Kier molecular flexibility index (Phi) is 13.5. The average molecular weight is 429 g/mol. The molecule has 0 spiro atoms. The van der Waals surface area contributed by atoms with E-state index >= 15 is 0 Å². The number of unbranched alkanes of at least 4 members (excludes halogenated alkanes) is 5. The molecular formula is C25H48O5. The van der Waals surface area contributed by atoms with Gasteiger partial charge in [0.2, 0.25) is 0 Å². The minimum atomic E-state index is -0.0722. The van der Waals surface area contributed by atoms with Crippen molar-refractivity contribution >= 4 is 0 Å². The van der Waals surface area contributed by atoms with E-state index in [0.29, 0.717) is 18.1 Å². The van der Waals surface area contributed by atoms with Crippen molar-refractivity contribution < 1.29 is 23.7 Å². The van der Waals surface area contributed by atoms with E-state index in [1.54, 1.807) is 0 Å². The molecule has 0 N–H and O–H groups in total. The summed E-state index contributed by atoms with van der Waals surface area (Å²) in [6, 6.07) is 0. The molecule has 2 rings (SSSR count). The lowest BCUT2D eigenvalue weighted by Crippen LogP contribution is -2.38. The molecule has 0 bridgehead atoms. The van der Waals surface area contributed by atoms with Crippen molar-refractivity contribution in [3.63, 3.8) is 0 Å². The van der Waals surface area contributed by atoms with Gasteiger partial charge in [0, 0.05) is 19.8 Å². The number of hydrogen-bond acceptors (Lipinski definition) is 5. The molecule has 2 fully saturated rings. The lowest BCUT2D eigenvalue weighted by Gasteiger charge is -2.38. The standard InChI is InChI=1S/C25H48O5/c1-4-6-7-8-9-10-13-22(14-11-16-26-18-23-20-28-23)25(3,30-5-2)15-12-17-27-19-24-21-29-24/h22-24H,4-21H2,1-3H3. The zero-order valence-electron chi connectivity index (χ0n) is 20.0. The second-order valence-corrected chi connectivity index (χ2v) is 9.31. The Bertz CT molecular complexity index is 410. The monoisotopic (exact) mass is 428 g/mol. The first-order valence-corrected chi connectivity index (χ1v) is 12.7. The van der Waals surface area contributed by atoms with Gasteiger partial charge in [-0.15, -0.1) is 0 Å². The highest BCUT2D eigenvalue weighted by atomic mass is 16.6. The van der Waals surface area contributed by atoms with Crippen LogP contribution >= 0.6 is 0 Å². The van der Waals surface area contributed by atoms with Gasteiger partial charge in [-0.05, 0) is 51.9 Å². The van der Waals surface area contributed by atoms with E-state index < -0.39 is 0 Å². The maximum absolute atomic E-state index is 6.39. The minimum absolute atomic E-state index is 0.0722. The first kappa shape index (κ1) is 26.1. The van der Waals surface area contributed by atoms with Crippen LogP contribution in [-0.2, 0) is 23.7 Å². The molecule has 0 amide bonds. The van der Waals surface area contributed by atoms with Gasteiger partial charge in [0.15, 0.2) is 0 Å². The molecule has 5 nitrogen and oxygen atoms in total. The van der Waals surface area contributed by atoms with Crippen LogP contribution in [0.25, 0.3) is 0 Å². The summed E-state index contributed by atoms with van der Waals surface area (Å²) < 4.78 is 28.4. The van der Waals surface area contributed by atoms with Crippen molar-refractivity contribution in [2.75, 3.05) is 46.2 Å². The summed E-state index contributed by atoms with van der Waals surface area (Å²) in [6.45, 7) is 12.4. The van der Waals surface area contributed by atoms with Crippen LogP contribution in [0.3, 0.4) is 0 Å². The number of hydrogen-bond donors (Lipinski definition) is 0. The van der Waals surface area contributed by atoms with E-state index in [1.807, 2.05) is 0 Å². The lowest BCUT2D eigenvalue weighted by atomic mass is 9.78. The Hall–Kier alpha value is -0.200. The topological polar surface area (TPSA) is 52.8 Å². The van der Waals surface area contributed by atoms with Crippen LogP contribution in [0.2, 0.25) is 0 Å². The molecule has 2 aliphatic rings. The Morgan fingerprint density at radius 3 is 1.97 bits per heavy atom. The van der Waals surface area contributed by atoms with Gasteiger partial charge < -0.3 is 23.7 Å². The summed E-state index contributed by atoms with van der Waals surface area (Å²) in [6.07, 6.45) is 14.4. The maximum atomic E-state index is 6.39. The predicted octanol–water partition coefficient (Wildman–Crippen LogP) is 5.54. The summed E-state index contributed by atoms with van der Waals surface area (Å²) >= 11 is 0. The predicted molar refractivity (Wildman–Crippen MR) is 121 cm³/mol. The Morgan fingerprint density at radius 1 is 0.800 bits per heavy atom. The third-order valence-electron chi connectivity index (χ3n) is 6.46. The first-order valence-electron chi connectivity index (χ1n) is 12.7. The molecule has 0 saturated carbocycles. The van der Waals surface area contributed by atoms with Crippen molar-refractivity contribution in [3.05, 3.63) is 0 Å². The molecule has 0 radical (unpaired) electrons. The molecule has 2 saturated heterocycles. The first-order chi connectivity index (χ1) is 14.7. The molecule has 178 valence electrons. The van der Waals surface area contributed by atoms with Gasteiger partial charge in [0.1, 0.15) is 12.2 Å². The molecule has 0 aromatic carbocycles. The van der Waals surface area contributed by atoms with Gasteiger partial charge in [-0.25, -0.2) is 0 Å². The fourth-order valence-electron chi connectivity index (χ4n) is 4.37. The summed E-state index contributed by atoms with van der Waals surface area (Å²) in [7, 11) is 0. The third-order valence-corrected chi connectivity index (χ3v) is 6.46. The van der Waals surface area contributed by atoms with Crippen molar-refractivity contribution in [2.24, 2.45) is 5.92 Å². The van der Waals surface area contributed by atoms with Gasteiger partial charge in [-0.3, -0.25) is 0 Å². The molecule has 4 unspecified atom stereocenters. The largest absolute Gasteiger partial charge is 0.379 e. The van der Waals surface area contributed by atoms with E-state index in [9.17, 15) is 0 Å². The van der Waals surface area contributed by atoms with E-state index in [1.165, 1.54) is 51.4 Å². The Labute approximate surface area is 185 Å². The van der Waals surface area contributed by atoms with E-state index in [-0.39, 0.29) is 5.60 Å². The maximum Gasteiger partial charge on any atom is 0.104 e. The van der Waals surface area contributed by atoms with Crippen molar-refractivity contribution in [1.29, 1.82) is 0 Å². The van der Waals surface area contributed by atoms with E-state index in [4.69, 9.17) is 23.7 Å². The van der Waals surface area contributed by atoms with Gasteiger partial charge in [0.25, 0.3) is 0 Å². The number of epoxide rings is 2. The van der Waals surface area contributed by atoms with Gasteiger partial charge in [0.05, 0.1) is 32.0 Å². The van der Waals surface area contributed by atoms with E-state index in [0.717, 1.165) is 65.5 Å². The number of rotatable bonds is 22. The fraction of sp³-hybridized carbons (Fsp3) is 1.00. The zero-order valence-corrected chi connectivity index (χ0v) is 20.0. The van der Waals surface area contributed by atoms with Crippen molar-refractivity contribution in [3.8, 4) is 0 Å². The highest BCUT2D eigenvalue weighted by molar-refractivity contribution is 4.85. The number of ether oxygens (including phenoxy) is 5. The normalized spacial score (nSPS) is 23.3. The minimum Gasteiger partial charge on any atom is -0.379 e. The smallest absolute Gasteiger partial charge is 0.104 e. The van der Waals surface area contributed by atoms with Crippen LogP contribution in [0.15, 0.2) is 0 Å². The average Bonchev–Trinajstić information content (AvgIpc) is 3.64. The van der Waals surface area contributed by atoms with Crippen molar-refractivity contribution in [1.82, 2.24) is 0 Å². The Balaban J connectivity index is 1.74. The van der Waals surface area contributed by atoms with Crippen LogP contribution in [0, 0.1) is 5.92 Å². The molecular weight excluding hydrogens is 380 g/mol. The molecule has 0 aromatic rings. The fourth-order valence-corrected chi connectivity index (χ4v) is 4.37. The quantitative estimate of drug-likeness (QED) is 0.167.